The topological polar surface area (TPSA) is 41.6 Å². The maximum Gasteiger partial charge on any atom is 0.325 e. The van der Waals surface area contributed by atoms with Crippen molar-refractivity contribution in [2.75, 3.05) is 27.2 Å². The van der Waals surface area contributed by atoms with Gasteiger partial charge in [0, 0.05) is 6.04 Å². The largest absolute Gasteiger partial charge is 0.468 e. The molecule has 0 aromatic rings. The van der Waals surface area contributed by atoms with Gasteiger partial charge < -0.3 is 9.64 Å². The molecular weight excluding hydrogens is 228 g/mol. The van der Waals surface area contributed by atoms with Crippen LogP contribution in [0.15, 0.2) is 0 Å². The van der Waals surface area contributed by atoms with Crippen LogP contribution in [0.2, 0.25) is 0 Å². The summed E-state index contributed by atoms with van der Waals surface area (Å²) >= 11 is 0. The van der Waals surface area contributed by atoms with Crippen LogP contribution in [0.4, 0.5) is 0 Å². The molecule has 1 unspecified atom stereocenters. The van der Waals surface area contributed by atoms with Gasteiger partial charge in [-0.1, -0.05) is 6.92 Å². The second kappa shape index (κ2) is 7.10. The molecule has 0 amide bonds. The van der Waals surface area contributed by atoms with E-state index < -0.39 is 5.54 Å². The van der Waals surface area contributed by atoms with E-state index in [1.54, 1.807) is 0 Å². The number of nitrogens with one attached hydrogen (secondary N) is 1. The van der Waals surface area contributed by atoms with Gasteiger partial charge in [-0.2, -0.15) is 0 Å². The molecule has 0 aromatic carbocycles. The fourth-order valence-corrected chi connectivity index (χ4v) is 2.16. The molecule has 1 aliphatic carbocycles. The predicted molar refractivity (Wildman–Crippen MR) is 73.6 cm³/mol. The third kappa shape index (κ3) is 4.94. The Morgan fingerprint density at radius 1 is 1.44 bits per heavy atom. The van der Waals surface area contributed by atoms with Crippen LogP contribution in [0.25, 0.3) is 0 Å². The molecule has 1 N–H and O–H groups in total. The van der Waals surface area contributed by atoms with E-state index >= 15 is 0 Å². The van der Waals surface area contributed by atoms with Crippen LogP contribution in [0.3, 0.4) is 0 Å². The second-order valence-electron chi connectivity index (χ2n) is 5.60. The second-order valence-corrected chi connectivity index (χ2v) is 5.60. The predicted octanol–water partition coefficient (Wildman–Crippen LogP) is 1.79. The maximum absolute atomic E-state index is 11.9. The van der Waals surface area contributed by atoms with Gasteiger partial charge in [0.2, 0.25) is 0 Å². The fraction of sp³-hybridized carbons (Fsp3) is 0.929. The quantitative estimate of drug-likeness (QED) is 0.504. The molecule has 0 radical (unpaired) electrons. The van der Waals surface area contributed by atoms with Crippen molar-refractivity contribution in [3.05, 3.63) is 0 Å². The van der Waals surface area contributed by atoms with Gasteiger partial charge in [-0.05, 0) is 59.2 Å². The van der Waals surface area contributed by atoms with Crippen LogP contribution in [-0.2, 0) is 9.53 Å². The van der Waals surface area contributed by atoms with Crippen LogP contribution >= 0.6 is 0 Å². The molecule has 1 rings (SSSR count). The monoisotopic (exact) mass is 256 g/mol. The Balaban J connectivity index is 2.33. The highest BCUT2D eigenvalue weighted by atomic mass is 16.5. The highest BCUT2D eigenvalue weighted by Crippen LogP contribution is 2.26. The molecule has 18 heavy (non-hydrogen) atoms. The number of esters is 1. The Hall–Kier alpha value is -0.610. The minimum absolute atomic E-state index is 0.127. The van der Waals surface area contributed by atoms with Crippen molar-refractivity contribution >= 4 is 5.97 Å². The maximum atomic E-state index is 11.9. The van der Waals surface area contributed by atoms with Crippen LogP contribution in [0.1, 0.15) is 46.0 Å². The normalized spacial score (nSPS) is 18.7. The van der Waals surface area contributed by atoms with E-state index in [4.69, 9.17) is 4.74 Å². The number of rotatable bonds is 9. The van der Waals surface area contributed by atoms with Crippen LogP contribution in [0.5, 0.6) is 0 Å². The smallest absolute Gasteiger partial charge is 0.325 e. The number of nitrogens with zero attached hydrogens (tertiary/aromatic N) is 1. The van der Waals surface area contributed by atoms with Gasteiger partial charge in [-0.25, -0.2) is 0 Å². The Morgan fingerprint density at radius 2 is 2.11 bits per heavy atom. The molecule has 0 heterocycles. The molecule has 4 heteroatoms. The number of hydrogen-bond donors (Lipinski definition) is 1. The number of methoxy groups -OCH3 is 1. The first-order chi connectivity index (χ1) is 8.51. The van der Waals surface area contributed by atoms with Gasteiger partial charge in [0.05, 0.1) is 7.11 Å². The number of carbonyl (C=O) groups excluding carboxylic acids is 1. The number of unbranched alkanes of at least 4 members (excludes halogenated alkanes) is 1. The molecule has 1 saturated carbocycles. The van der Waals surface area contributed by atoms with Gasteiger partial charge in [0.1, 0.15) is 5.54 Å². The van der Waals surface area contributed by atoms with Gasteiger partial charge in [0.15, 0.2) is 0 Å². The third-order valence-electron chi connectivity index (χ3n) is 3.74. The van der Waals surface area contributed by atoms with Gasteiger partial charge in [-0.3, -0.25) is 10.1 Å². The highest BCUT2D eigenvalue weighted by molar-refractivity contribution is 5.80. The first kappa shape index (κ1) is 15.4. The summed E-state index contributed by atoms with van der Waals surface area (Å²) in [5.41, 5.74) is -0.499. The zero-order valence-corrected chi connectivity index (χ0v) is 12.3. The third-order valence-corrected chi connectivity index (χ3v) is 3.74. The summed E-state index contributed by atoms with van der Waals surface area (Å²) in [5.74, 6) is -0.127. The van der Waals surface area contributed by atoms with Gasteiger partial charge in [-0.15, -0.1) is 0 Å². The Morgan fingerprint density at radius 3 is 2.61 bits per heavy atom. The molecule has 0 aromatic heterocycles. The molecular formula is C14H28N2O2. The van der Waals surface area contributed by atoms with E-state index in [0.717, 1.165) is 32.4 Å². The summed E-state index contributed by atoms with van der Waals surface area (Å²) in [7, 11) is 3.60. The molecule has 106 valence electrons. The first-order valence-electron chi connectivity index (χ1n) is 7.06. The van der Waals surface area contributed by atoms with Gasteiger partial charge >= 0.3 is 5.97 Å². The van der Waals surface area contributed by atoms with E-state index in [1.165, 1.54) is 20.0 Å². The lowest BCUT2D eigenvalue weighted by Crippen LogP contribution is -2.51. The summed E-state index contributed by atoms with van der Waals surface area (Å²) in [4.78, 5) is 14.2. The standard InChI is InChI=1S/C14H28N2O2/c1-5-16(3)11-7-6-10-14(2,13(17)18-4)15-12-8-9-12/h12,15H,5-11H2,1-4H3. The first-order valence-corrected chi connectivity index (χ1v) is 7.06. The lowest BCUT2D eigenvalue weighted by Gasteiger charge is -2.28. The number of carbonyl (C=O) groups is 1. The fourth-order valence-electron chi connectivity index (χ4n) is 2.16. The van der Waals surface area contributed by atoms with Gasteiger partial charge in [0.25, 0.3) is 0 Å². The van der Waals surface area contributed by atoms with Crippen molar-refractivity contribution in [3.8, 4) is 0 Å². The van der Waals surface area contributed by atoms with Crippen LogP contribution < -0.4 is 5.32 Å². The van der Waals surface area contributed by atoms with Crippen molar-refractivity contribution in [1.29, 1.82) is 0 Å². The summed E-state index contributed by atoms with van der Waals surface area (Å²) in [5, 5.41) is 3.43. The highest BCUT2D eigenvalue weighted by Gasteiger charge is 2.38. The van der Waals surface area contributed by atoms with Crippen molar-refractivity contribution in [1.82, 2.24) is 10.2 Å². The van der Waals surface area contributed by atoms with E-state index in [2.05, 4.69) is 24.2 Å². The van der Waals surface area contributed by atoms with E-state index in [0.29, 0.717) is 6.04 Å². The van der Waals surface area contributed by atoms with Crippen LogP contribution in [-0.4, -0.2) is 49.7 Å². The molecule has 4 nitrogen and oxygen atoms in total. The molecule has 0 spiro atoms. The molecule has 1 aliphatic rings. The van der Waals surface area contributed by atoms with Crippen molar-refractivity contribution < 1.29 is 9.53 Å². The van der Waals surface area contributed by atoms with E-state index in [-0.39, 0.29) is 5.97 Å². The summed E-state index contributed by atoms with van der Waals surface area (Å²) in [6, 6.07) is 0.521. The van der Waals surface area contributed by atoms with Crippen molar-refractivity contribution in [3.63, 3.8) is 0 Å². The molecule has 0 bridgehead atoms. The molecule has 0 aliphatic heterocycles. The van der Waals surface area contributed by atoms with E-state index in [9.17, 15) is 4.79 Å². The zero-order valence-electron chi connectivity index (χ0n) is 12.3. The molecule has 0 saturated heterocycles. The Labute approximate surface area is 111 Å². The minimum Gasteiger partial charge on any atom is -0.468 e. The average molecular weight is 256 g/mol. The summed E-state index contributed by atoms with van der Waals surface area (Å²) < 4.78 is 4.93. The average Bonchev–Trinajstić information content (AvgIpc) is 3.16. The van der Waals surface area contributed by atoms with Crippen LogP contribution in [0, 0.1) is 0 Å². The Bertz CT molecular complexity index is 267. The SMILES string of the molecule is CCN(C)CCCCC(C)(NC1CC1)C(=O)OC. The summed E-state index contributed by atoms with van der Waals surface area (Å²) in [6.45, 7) is 6.31. The lowest BCUT2D eigenvalue weighted by atomic mass is 9.94. The Kier molecular flexibility index (Phi) is 6.09. The molecule has 1 atom stereocenters. The lowest BCUT2D eigenvalue weighted by molar-refractivity contribution is -0.148. The van der Waals surface area contributed by atoms with Crippen molar-refractivity contribution in [2.45, 2.75) is 57.5 Å². The zero-order chi connectivity index (χ0) is 13.6. The minimum atomic E-state index is -0.499. The number of hydrogen-bond acceptors (Lipinski definition) is 4. The van der Waals surface area contributed by atoms with Crippen molar-refractivity contribution in [2.24, 2.45) is 0 Å². The number of ether oxygens (including phenoxy) is 1. The molecule has 1 fully saturated rings. The summed E-state index contributed by atoms with van der Waals surface area (Å²) in [6.07, 6.45) is 5.41. The van der Waals surface area contributed by atoms with E-state index in [1.807, 2.05) is 6.92 Å².